The predicted octanol–water partition coefficient (Wildman–Crippen LogP) is 1.98. The molecular formula is C13H16ClNO4. The van der Waals surface area contributed by atoms with Crippen LogP contribution in [0.15, 0.2) is 18.2 Å². The molecule has 0 saturated carbocycles. The molecule has 0 radical (unpaired) electrons. The zero-order chi connectivity index (χ0) is 14.3. The predicted molar refractivity (Wildman–Crippen MR) is 72.0 cm³/mol. The highest BCUT2D eigenvalue weighted by Crippen LogP contribution is 2.27. The largest absolute Gasteiger partial charge is 0.496 e. The number of carbonyl (C=O) groups excluding carboxylic acids is 2. The lowest BCUT2D eigenvalue weighted by Gasteiger charge is -2.12. The third kappa shape index (κ3) is 4.44. The first kappa shape index (κ1) is 15.3. The van der Waals surface area contributed by atoms with E-state index in [1.54, 1.807) is 18.2 Å². The Morgan fingerprint density at radius 3 is 2.26 bits per heavy atom. The molecule has 1 N–H and O–H groups in total. The summed E-state index contributed by atoms with van der Waals surface area (Å²) in [6.45, 7) is 0.360. The maximum absolute atomic E-state index is 12.1. The summed E-state index contributed by atoms with van der Waals surface area (Å²) in [5.41, 5.74) is 0.338. The van der Waals surface area contributed by atoms with Gasteiger partial charge in [0.2, 0.25) is 5.24 Å². The van der Waals surface area contributed by atoms with Gasteiger partial charge in [0.1, 0.15) is 17.1 Å². The molecule has 0 bridgehead atoms. The Morgan fingerprint density at radius 2 is 1.79 bits per heavy atom. The first-order valence-corrected chi connectivity index (χ1v) is 6.15. The first-order chi connectivity index (χ1) is 9.10. The fourth-order valence-corrected chi connectivity index (χ4v) is 1.73. The van der Waals surface area contributed by atoms with Crippen molar-refractivity contribution in [3.8, 4) is 11.5 Å². The van der Waals surface area contributed by atoms with Crippen molar-refractivity contribution in [1.29, 1.82) is 0 Å². The summed E-state index contributed by atoms with van der Waals surface area (Å²) in [5.74, 6) is 0.562. The van der Waals surface area contributed by atoms with Crippen LogP contribution in [0.2, 0.25) is 0 Å². The summed E-state index contributed by atoms with van der Waals surface area (Å²) >= 11 is 5.21. The Bertz CT molecular complexity index is 440. The Hall–Kier alpha value is -1.75. The average molecular weight is 286 g/mol. The number of hydrogen-bond acceptors (Lipinski definition) is 4. The van der Waals surface area contributed by atoms with Crippen molar-refractivity contribution >= 4 is 22.8 Å². The maximum Gasteiger partial charge on any atom is 0.258 e. The SMILES string of the molecule is COc1cccc(OC)c1C(=O)NCCCC(=O)Cl. The zero-order valence-electron chi connectivity index (χ0n) is 10.9. The molecule has 0 aliphatic carbocycles. The van der Waals surface area contributed by atoms with Crippen LogP contribution in [0.5, 0.6) is 11.5 Å². The van der Waals surface area contributed by atoms with Gasteiger partial charge in [-0.2, -0.15) is 0 Å². The van der Waals surface area contributed by atoms with Crippen molar-refractivity contribution < 1.29 is 19.1 Å². The molecule has 0 aliphatic rings. The van der Waals surface area contributed by atoms with Crippen molar-refractivity contribution in [2.45, 2.75) is 12.8 Å². The molecule has 1 aromatic carbocycles. The normalized spacial score (nSPS) is 9.84. The van der Waals surface area contributed by atoms with Crippen LogP contribution in [0.1, 0.15) is 23.2 Å². The van der Waals surface area contributed by atoms with E-state index in [1.807, 2.05) is 0 Å². The second-order valence-corrected chi connectivity index (χ2v) is 4.17. The third-order valence-corrected chi connectivity index (χ3v) is 2.68. The molecule has 0 aliphatic heterocycles. The number of rotatable bonds is 7. The monoisotopic (exact) mass is 285 g/mol. The molecule has 0 fully saturated rings. The van der Waals surface area contributed by atoms with Gasteiger partial charge >= 0.3 is 0 Å². The number of amides is 1. The molecular weight excluding hydrogens is 270 g/mol. The molecule has 104 valence electrons. The third-order valence-electron chi connectivity index (χ3n) is 2.49. The molecule has 0 saturated heterocycles. The minimum atomic E-state index is -0.413. The molecule has 5 nitrogen and oxygen atoms in total. The lowest BCUT2D eigenvalue weighted by atomic mass is 10.1. The van der Waals surface area contributed by atoms with E-state index in [2.05, 4.69) is 5.32 Å². The van der Waals surface area contributed by atoms with Crippen LogP contribution in [0.25, 0.3) is 0 Å². The highest BCUT2D eigenvalue weighted by atomic mass is 35.5. The zero-order valence-corrected chi connectivity index (χ0v) is 11.6. The second kappa shape index (κ2) is 7.63. The summed E-state index contributed by atoms with van der Waals surface area (Å²) in [4.78, 5) is 22.6. The number of ether oxygens (including phenoxy) is 2. The molecule has 0 atom stereocenters. The molecule has 0 aromatic heterocycles. The summed E-state index contributed by atoms with van der Waals surface area (Å²) < 4.78 is 10.3. The molecule has 1 aromatic rings. The number of carbonyl (C=O) groups is 2. The number of halogens is 1. The topological polar surface area (TPSA) is 64.6 Å². The quantitative estimate of drug-likeness (QED) is 0.614. The van der Waals surface area contributed by atoms with Crippen LogP contribution >= 0.6 is 11.6 Å². The number of nitrogens with one attached hydrogen (secondary N) is 1. The number of methoxy groups -OCH3 is 2. The summed E-state index contributed by atoms with van der Waals surface area (Å²) in [6.07, 6.45) is 0.719. The number of hydrogen-bond donors (Lipinski definition) is 1. The van der Waals surface area contributed by atoms with E-state index in [4.69, 9.17) is 21.1 Å². The summed E-state index contributed by atoms with van der Waals surface area (Å²) in [7, 11) is 2.97. The summed E-state index contributed by atoms with van der Waals surface area (Å²) in [6, 6.07) is 5.10. The lowest BCUT2D eigenvalue weighted by Crippen LogP contribution is -2.25. The second-order valence-electron chi connectivity index (χ2n) is 3.75. The average Bonchev–Trinajstić information content (AvgIpc) is 2.42. The molecule has 19 heavy (non-hydrogen) atoms. The molecule has 1 amide bonds. The van der Waals surface area contributed by atoms with Gasteiger partial charge in [-0.1, -0.05) is 6.07 Å². The fourth-order valence-electron chi connectivity index (χ4n) is 1.59. The van der Waals surface area contributed by atoms with Crippen LogP contribution in [0.3, 0.4) is 0 Å². The van der Waals surface area contributed by atoms with Gasteiger partial charge in [-0.15, -0.1) is 0 Å². The highest BCUT2D eigenvalue weighted by molar-refractivity contribution is 6.63. The Balaban J connectivity index is 2.72. The molecule has 6 heteroatoms. The van der Waals surface area contributed by atoms with Gasteiger partial charge in [0.25, 0.3) is 5.91 Å². The van der Waals surface area contributed by atoms with Gasteiger partial charge in [0.15, 0.2) is 0 Å². The van der Waals surface area contributed by atoms with Crippen LogP contribution in [-0.2, 0) is 4.79 Å². The van der Waals surface area contributed by atoms with Gasteiger partial charge < -0.3 is 14.8 Å². The van der Waals surface area contributed by atoms with Crippen molar-refractivity contribution in [1.82, 2.24) is 5.32 Å². The van der Waals surface area contributed by atoms with Crippen LogP contribution in [-0.4, -0.2) is 31.9 Å². The molecule has 0 spiro atoms. The van der Waals surface area contributed by atoms with Crippen molar-refractivity contribution in [3.05, 3.63) is 23.8 Å². The van der Waals surface area contributed by atoms with Crippen LogP contribution in [0.4, 0.5) is 0 Å². The van der Waals surface area contributed by atoms with Gasteiger partial charge in [-0.3, -0.25) is 9.59 Å². The van der Waals surface area contributed by atoms with E-state index in [9.17, 15) is 9.59 Å². The van der Waals surface area contributed by atoms with Crippen molar-refractivity contribution in [3.63, 3.8) is 0 Å². The lowest BCUT2D eigenvalue weighted by molar-refractivity contribution is -0.111. The summed E-state index contributed by atoms with van der Waals surface area (Å²) in [5, 5.41) is 2.28. The van der Waals surface area contributed by atoms with E-state index < -0.39 is 5.24 Å². The standard InChI is InChI=1S/C13H16ClNO4/c1-18-9-5-3-6-10(19-2)12(9)13(17)15-8-4-7-11(14)16/h3,5-6H,4,7-8H2,1-2H3,(H,15,17). The Morgan fingerprint density at radius 1 is 1.21 bits per heavy atom. The van der Waals surface area contributed by atoms with E-state index >= 15 is 0 Å². The van der Waals surface area contributed by atoms with E-state index in [1.165, 1.54) is 14.2 Å². The molecule has 0 unspecified atom stereocenters. The van der Waals surface area contributed by atoms with Crippen LogP contribution in [0, 0.1) is 0 Å². The molecule has 1 rings (SSSR count). The minimum absolute atomic E-state index is 0.227. The van der Waals surface area contributed by atoms with Gasteiger partial charge in [0.05, 0.1) is 14.2 Å². The van der Waals surface area contributed by atoms with Crippen molar-refractivity contribution in [2.75, 3.05) is 20.8 Å². The highest BCUT2D eigenvalue weighted by Gasteiger charge is 2.17. The van der Waals surface area contributed by atoms with E-state index in [0.29, 0.717) is 30.0 Å². The van der Waals surface area contributed by atoms with Gasteiger partial charge in [-0.25, -0.2) is 0 Å². The fraction of sp³-hybridized carbons (Fsp3) is 0.385. The smallest absolute Gasteiger partial charge is 0.258 e. The minimum Gasteiger partial charge on any atom is -0.496 e. The van der Waals surface area contributed by atoms with E-state index in [-0.39, 0.29) is 12.3 Å². The Kier molecular flexibility index (Phi) is 6.15. The molecule has 0 heterocycles. The van der Waals surface area contributed by atoms with E-state index in [0.717, 1.165) is 0 Å². The Labute approximate surface area is 116 Å². The maximum atomic E-state index is 12.1. The number of benzene rings is 1. The van der Waals surface area contributed by atoms with Gasteiger partial charge in [-0.05, 0) is 30.2 Å². The first-order valence-electron chi connectivity index (χ1n) is 5.77. The van der Waals surface area contributed by atoms with Gasteiger partial charge in [0, 0.05) is 13.0 Å². The van der Waals surface area contributed by atoms with Crippen molar-refractivity contribution in [2.24, 2.45) is 0 Å². The van der Waals surface area contributed by atoms with Crippen LogP contribution < -0.4 is 14.8 Å².